The van der Waals surface area contributed by atoms with Crippen LogP contribution in [0.15, 0.2) is 48.5 Å². The highest BCUT2D eigenvalue weighted by molar-refractivity contribution is 5.37. The van der Waals surface area contributed by atoms with Crippen LogP contribution in [0.3, 0.4) is 0 Å². The highest BCUT2D eigenvalue weighted by Gasteiger charge is 2.48. The van der Waals surface area contributed by atoms with Gasteiger partial charge >= 0.3 is 13.2 Å². The third-order valence-corrected chi connectivity index (χ3v) is 5.85. The smallest absolute Gasteiger partial charge is 0.387 e. The van der Waals surface area contributed by atoms with E-state index in [0.717, 1.165) is 36.8 Å². The number of rotatable bonds is 10. The molecule has 0 aromatic heterocycles. The van der Waals surface area contributed by atoms with E-state index in [0.29, 0.717) is 13.2 Å². The lowest BCUT2D eigenvalue weighted by Gasteiger charge is -2.21. The standard InChI is InChI=1S/C22H22F4O3/c23-19(24)28-17-5-1-15(2-6-17)21(9-10-21)13-27-14-22(11-12-22)16-3-7-18(8-4-16)29-20(25)26/h1-8,19-20H,9-14H2. The fourth-order valence-electron chi connectivity index (χ4n) is 3.76. The molecule has 0 bridgehead atoms. The van der Waals surface area contributed by atoms with E-state index < -0.39 is 13.2 Å². The van der Waals surface area contributed by atoms with Gasteiger partial charge in [-0.1, -0.05) is 24.3 Å². The van der Waals surface area contributed by atoms with Crippen molar-refractivity contribution in [3.8, 4) is 11.5 Å². The molecule has 0 spiro atoms. The second-order valence-corrected chi connectivity index (χ2v) is 7.86. The average Bonchev–Trinajstić information content (AvgIpc) is 3.59. The normalized spacial score (nSPS) is 18.7. The zero-order valence-electron chi connectivity index (χ0n) is 15.8. The lowest BCUT2D eigenvalue weighted by molar-refractivity contribution is -0.0505. The SMILES string of the molecule is FC(F)Oc1ccc(C2(COCC3(c4ccc(OC(F)F)cc4)CC3)CC2)cc1. The summed E-state index contributed by atoms with van der Waals surface area (Å²) >= 11 is 0. The molecule has 0 unspecified atom stereocenters. The molecule has 156 valence electrons. The van der Waals surface area contributed by atoms with E-state index in [4.69, 9.17) is 4.74 Å². The Morgan fingerprint density at radius 1 is 0.621 bits per heavy atom. The Hall–Kier alpha value is -2.28. The van der Waals surface area contributed by atoms with Gasteiger partial charge in [0.15, 0.2) is 0 Å². The molecule has 2 aromatic rings. The monoisotopic (exact) mass is 410 g/mol. The predicted octanol–water partition coefficient (Wildman–Crippen LogP) is 5.67. The first-order valence-corrected chi connectivity index (χ1v) is 9.59. The van der Waals surface area contributed by atoms with E-state index in [9.17, 15) is 17.6 Å². The first-order chi connectivity index (χ1) is 13.9. The van der Waals surface area contributed by atoms with Gasteiger partial charge in [-0.3, -0.25) is 0 Å². The van der Waals surface area contributed by atoms with Gasteiger partial charge in [0.1, 0.15) is 11.5 Å². The van der Waals surface area contributed by atoms with Gasteiger partial charge in [0.2, 0.25) is 0 Å². The van der Waals surface area contributed by atoms with Crippen LogP contribution in [0, 0.1) is 0 Å². The number of ether oxygens (including phenoxy) is 3. The molecule has 0 radical (unpaired) electrons. The Kier molecular flexibility index (Phi) is 5.42. The minimum atomic E-state index is -2.83. The van der Waals surface area contributed by atoms with Crippen molar-refractivity contribution < 1.29 is 31.8 Å². The van der Waals surface area contributed by atoms with Crippen molar-refractivity contribution >= 4 is 0 Å². The lowest BCUT2D eigenvalue weighted by atomic mass is 9.95. The minimum absolute atomic E-state index is 0.0611. The van der Waals surface area contributed by atoms with Crippen molar-refractivity contribution in [3.05, 3.63) is 59.7 Å². The summed E-state index contributed by atoms with van der Waals surface area (Å²) in [6, 6.07) is 13.5. The summed E-state index contributed by atoms with van der Waals surface area (Å²) in [4.78, 5) is 0. The summed E-state index contributed by atoms with van der Waals surface area (Å²) < 4.78 is 64.0. The van der Waals surface area contributed by atoms with Crippen molar-refractivity contribution in [1.82, 2.24) is 0 Å². The zero-order valence-corrected chi connectivity index (χ0v) is 15.8. The Morgan fingerprint density at radius 3 is 1.24 bits per heavy atom. The van der Waals surface area contributed by atoms with Gasteiger partial charge < -0.3 is 14.2 Å². The Bertz CT molecular complexity index is 743. The maximum atomic E-state index is 12.3. The second-order valence-electron chi connectivity index (χ2n) is 7.86. The minimum Gasteiger partial charge on any atom is -0.435 e. The maximum absolute atomic E-state index is 12.3. The second kappa shape index (κ2) is 7.86. The summed E-state index contributed by atoms with van der Waals surface area (Å²) in [6.45, 7) is -4.53. The van der Waals surface area contributed by atoms with Crippen LogP contribution in [0.4, 0.5) is 17.6 Å². The van der Waals surface area contributed by atoms with Crippen molar-refractivity contribution in [2.24, 2.45) is 0 Å². The van der Waals surface area contributed by atoms with E-state index in [1.807, 2.05) is 24.3 Å². The molecule has 0 N–H and O–H groups in total. The van der Waals surface area contributed by atoms with Crippen LogP contribution in [0.2, 0.25) is 0 Å². The topological polar surface area (TPSA) is 27.7 Å². The molecule has 2 aromatic carbocycles. The van der Waals surface area contributed by atoms with Crippen molar-refractivity contribution in [1.29, 1.82) is 0 Å². The van der Waals surface area contributed by atoms with Crippen LogP contribution in [0.5, 0.6) is 11.5 Å². The number of hydrogen-bond donors (Lipinski definition) is 0. The molecule has 2 aliphatic carbocycles. The average molecular weight is 410 g/mol. The van der Waals surface area contributed by atoms with Crippen molar-refractivity contribution in [2.45, 2.75) is 49.7 Å². The fraction of sp³-hybridized carbons (Fsp3) is 0.455. The Labute approximate surface area is 166 Å². The summed E-state index contributed by atoms with van der Waals surface area (Å²) in [5.41, 5.74) is 2.01. The van der Waals surface area contributed by atoms with Crippen molar-refractivity contribution in [2.75, 3.05) is 13.2 Å². The highest BCUT2D eigenvalue weighted by Crippen LogP contribution is 2.51. The van der Waals surface area contributed by atoms with E-state index in [2.05, 4.69) is 9.47 Å². The fourth-order valence-corrected chi connectivity index (χ4v) is 3.76. The van der Waals surface area contributed by atoms with Gasteiger partial charge in [0.05, 0.1) is 13.2 Å². The third-order valence-electron chi connectivity index (χ3n) is 5.85. The molecule has 0 atom stereocenters. The molecular formula is C22H22F4O3. The predicted molar refractivity (Wildman–Crippen MR) is 98.8 cm³/mol. The van der Waals surface area contributed by atoms with Crippen LogP contribution in [0.1, 0.15) is 36.8 Å². The highest BCUT2D eigenvalue weighted by atomic mass is 19.3. The quantitative estimate of drug-likeness (QED) is 0.473. The van der Waals surface area contributed by atoms with Gasteiger partial charge in [0, 0.05) is 10.8 Å². The van der Waals surface area contributed by atoms with Crippen LogP contribution in [0.25, 0.3) is 0 Å². The number of alkyl halides is 4. The maximum Gasteiger partial charge on any atom is 0.387 e. The number of hydrogen-bond acceptors (Lipinski definition) is 3. The van der Waals surface area contributed by atoms with E-state index in [1.54, 1.807) is 24.3 Å². The Balaban J connectivity index is 1.32. The lowest BCUT2D eigenvalue weighted by Crippen LogP contribution is -2.21. The summed E-state index contributed by atoms with van der Waals surface area (Å²) in [7, 11) is 0. The van der Waals surface area contributed by atoms with E-state index in [-0.39, 0.29) is 22.3 Å². The van der Waals surface area contributed by atoms with Gasteiger partial charge in [-0.05, 0) is 61.1 Å². The van der Waals surface area contributed by atoms with Crippen molar-refractivity contribution in [3.63, 3.8) is 0 Å². The number of halogens is 4. The van der Waals surface area contributed by atoms with Crippen LogP contribution in [-0.2, 0) is 15.6 Å². The molecule has 2 saturated carbocycles. The third kappa shape index (κ3) is 4.66. The molecule has 0 amide bonds. The summed E-state index contributed by atoms with van der Waals surface area (Å²) in [5, 5.41) is 0. The molecule has 4 rings (SSSR count). The summed E-state index contributed by atoms with van der Waals surface area (Å²) in [5.74, 6) is 0.299. The molecule has 29 heavy (non-hydrogen) atoms. The molecule has 0 heterocycles. The van der Waals surface area contributed by atoms with Gasteiger partial charge in [0.25, 0.3) is 0 Å². The molecular weight excluding hydrogens is 388 g/mol. The molecule has 2 aliphatic rings. The molecule has 7 heteroatoms. The summed E-state index contributed by atoms with van der Waals surface area (Å²) in [6.07, 6.45) is 3.98. The zero-order chi connectivity index (χ0) is 20.5. The van der Waals surface area contributed by atoms with Crippen LogP contribution < -0.4 is 9.47 Å². The molecule has 3 nitrogen and oxygen atoms in total. The number of benzene rings is 2. The van der Waals surface area contributed by atoms with Crippen LogP contribution >= 0.6 is 0 Å². The molecule has 0 saturated heterocycles. The van der Waals surface area contributed by atoms with Gasteiger partial charge in [-0.15, -0.1) is 0 Å². The van der Waals surface area contributed by atoms with E-state index in [1.165, 1.54) is 0 Å². The first kappa shape index (κ1) is 20.0. The van der Waals surface area contributed by atoms with Gasteiger partial charge in [-0.2, -0.15) is 17.6 Å². The van der Waals surface area contributed by atoms with Crippen LogP contribution in [-0.4, -0.2) is 26.4 Å². The molecule has 0 aliphatic heterocycles. The largest absolute Gasteiger partial charge is 0.435 e. The Morgan fingerprint density at radius 2 is 0.966 bits per heavy atom. The van der Waals surface area contributed by atoms with Gasteiger partial charge in [-0.25, -0.2) is 0 Å². The molecule has 2 fully saturated rings. The first-order valence-electron chi connectivity index (χ1n) is 9.59. The van der Waals surface area contributed by atoms with E-state index >= 15 is 0 Å².